The molecule has 4 rings (SSSR count). The van der Waals surface area contributed by atoms with Crippen LogP contribution in [0.25, 0.3) is 11.1 Å². The van der Waals surface area contributed by atoms with Gasteiger partial charge in [-0.25, -0.2) is 9.59 Å². The lowest BCUT2D eigenvalue weighted by atomic mass is 9.98. The maximum Gasteiger partial charge on any atom is 0.408 e. The molecule has 0 spiro atoms. The van der Waals surface area contributed by atoms with Crippen LogP contribution in [0.3, 0.4) is 0 Å². The van der Waals surface area contributed by atoms with Gasteiger partial charge in [-0.3, -0.25) is 4.79 Å². The molecule has 3 N–H and O–H groups in total. The fourth-order valence-electron chi connectivity index (χ4n) is 4.24. The fourth-order valence-corrected chi connectivity index (χ4v) is 4.24. The van der Waals surface area contributed by atoms with Crippen molar-refractivity contribution in [1.29, 1.82) is 0 Å². The number of rotatable bonds is 8. The quantitative estimate of drug-likeness (QED) is 0.425. The van der Waals surface area contributed by atoms with Crippen LogP contribution in [0.1, 0.15) is 34.2 Å². The molecule has 0 heterocycles. The molecule has 0 aliphatic heterocycles. The molecule has 0 fully saturated rings. The van der Waals surface area contributed by atoms with Gasteiger partial charge in [0.25, 0.3) is 0 Å². The minimum atomic E-state index is -1.11. The summed E-state index contributed by atoms with van der Waals surface area (Å²) in [6.45, 7) is 2.07. The van der Waals surface area contributed by atoms with Crippen molar-refractivity contribution >= 4 is 18.0 Å². The first-order valence-corrected chi connectivity index (χ1v) is 11.3. The third-order valence-corrected chi connectivity index (χ3v) is 5.93. The minimum absolute atomic E-state index is 0.0138. The van der Waals surface area contributed by atoms with Crippen molar-refractivity contribution in [3.8, 4) is 11.1 Å². The number of aryl methyl sites for hydroxylation is 1. The van der Waals surface area contributed by atoms with E-state index < -0.39 is 24.0 Å². The van der Waals surface area contributed by atoms with E-state index in [1.54, 1.807) is 12.1 Å². The number of carboxylic acids is 1. The van der Waals surface area contributed by atoms with E-state index in [1.807, 2.05) is 55.5 Å². The highest BCUT2D eigenvalue weighted by Crippen LogP contribution is 2.44. The average Bonchev–Trinajstić information content (AvgIpc) is 3.18. The number of carbonyl (C=O) groups is 3. The smallest absolute Gasteiger partial charge is 0.408 e. The molecule has 0 bridgehead atoms. The van der Waals surface area contributed by atoms with E-state index in [4.69, 9.17) is 9.84 Å². The Labute approximate surface area is 203 Å². The van der Waals surface area contributed by atoms with Crippen molar-refractivity contribution in [2.75, 3.05) is 13.2 Å². The third kappa shape index (κ3) is 5.58. The molecule has 3 aromatic carbocycles. The van der Waals surface area contributed by atoms with Gasteiger partial charge in [0.05, 0.1) is 0 Å². The second kappa shape index (κ2) is 10.7. The summed E-state index contributed by atoms with van der Waals surface area (Å²) in [6, 6.07) is 22.3. The summed E-state index contributed by atoms with van der Waals surface area (Å²) >= 11 is 0. The number of ether oxygens (including phenoxy) is 1. The van der Waals surface area contributed by atoms with Crippen LogP contribution in [0, 0.1) is 6.92 Å². The highest BCUT2D eigenvalue weighted by atomic mass is 16.5. The monoisotopic (exact) mass is 470 g/mol. The normalized spacial score (nSPS) is 13.1. The van der Waals surface area contributed by atoms with Crippen molar-refractivity contribution in [3.05, 3.63) is 107 Å². The highest BCUT2D eigenvalue weighted by Gasteiger charge is 2.30. The number of nitrogens with one attached hydrogen (secondary N) is 2. The van der Waals surface area contributed by atoms with E-state index >= 15 is 0 Å². The van der Waals surface area contributed by atoms with Crippen LogP contribution >= 0.6 is 0 Å². The van der Waals surface area contributed by atoms with Crippen molar-refractivity contribution in [3.63, 3.8) is 0 Å². The molecule has 35 heavy (non-hydrogen) atoms. The van der Waals surface area contributed by atoms with Gasteiger partial charge in [0.15, 0.2) is 0 Å². The van der Waals surface area contributed by atoms with Crippen molar-refractivity contribution in [2.45, 2.75) is 18.9 Å². The first-order valence-electron chi connectivity index (χ1n) is 11.3. The van der Waals surface area contributed by atoms with E-state index in [2.05, 4.69) is 22.8 Å². The van der Waals surface area contributed by atoms with Gasteiger partial charge < -0.3 is 20.5 Å². The Hall–Kier alpha value is -4.39. The highest BCUT2D eigenvalue weighted by molar-refractivity contribution is 5.87. The number of aliphatic carboxylic acids is 1. The van der Waals surface area contributed by atoms with E-state index in [1.165, 1.54) is 6.08 Å². The van der Waals surface area contributed by atoms with Crippen LogP contribution in [0.5, 0.6) is 0 Å². The van der Waals surface area contributed by atoms with Crippen LogP contribution in [0.4, 0.5) is 4.79 Å². The Balaban J connectivity index is 1.46. The van der Waals surface area contributed by atoms with Crippen molar-refractivity contribution in [2.24, 2.45) is 0 Å². The Bertz CT molecular complexity index is 1220. The van der Waals surface area contributed by atoms with Crippen LogP contribution < -0.4 is 10.6 Å². The molecular formula is C28H26N2O5. The van der Waals surface area contributed by atoms with E-state index in [0.29, 0.717) is 5.56 Å². The molecule has 7 nitrogen and oxygen atoms in total. The maximum absolute atomic E-state index is 12.8. The summed E-state index contributed by atoms with van der Waals surface area (Å²) in [5.74, 6) is -1.68. The predicted octanol–water partition coefficient (Wildman–Crippen LogP) is 4.33. The third-order valence-electron chi connectivity index (χ3n) is 5.93. The minimum Gasteiger partial charge on any atom is -0.478 e. The SMILES string of the molecule is Cc1ccc(C(NC(=O)OCC2c3ccccc3-c3ccccc32)C(=O)NC/C=C/C(=O)O)cc1. The zero-order valence-corrected chi connectivity index (χ0v) is 19.2. The van der Waals surface area contributed by atoms with Gasteiger partial charge in [0, 0.05) is 18.5 Å². The molecule has 3 aromatic rings. The largest absolute Gasteiger partial charge is 0.478 e. The van der Waals surface area contributed by atoms with E-state index in [9.17, 15) is 14.4 Å². The molecule has 0 radical (unpaired) electrons. The van der Waals surface area contributed by atoms with Crippen LogP contribution in [0.15, 0.2) is 84.9 Å². The fraction of sp³-hybridized carbons (Fsp3) is 0.179. The molecule has 178 valence electrons. The van der Waals surface area contributed by atoms with Gasteiger partial charge in [-0.05, 0) is 34.7 Å². The molecule has 0 saturated heterocycles. The van der Waals surface area contributed by atoms with Crippen LogP contribution in [0.2, 0.25) is 0 Å². The Morgan fingerprint density at radius 1 is 0.943 bits per heavy atom. The van der Waals surface area contributed by atoms with Gasteiger partial charge in [-0.15, -0.1) is 0 Å². The number of benzene rings is 3. The summed E-state index contributed by atoms with van der Waals surface area (Å²) in [5.41, 5.74) is 6.05. The Kier molecular flexibility index (Phi) is 7.26. The van der Waals surface area contributed by atoms with Gasteiger partial charge >= 0.3 is 12.1 Å². The zero-order valence-electron chi connectivity index (χ0n) is 19.2. The molecule has 1 aliphatic rings. The van der Waals surface area contributed by atoms with Gasteiger partial charge in [0.2, 0.25) is 5.91 Å². The topological polar surface area (TPSA) is 105 Å². The summed E-state index contributed by atoms with van der Waals surface area (Å²) in [7, 11) is 0. The lowest BCUT2D eigenvalue weighted by Crippen LogP contribution is -2.41. The second-order valence-electron chi connectivity index (χ2n) is 8.30. The number of alkyl carbamates (subject to hydrolysis) is 1. The van der Waals surface area contributed by atoms with Crippen LogP contribution in [-0.2, 0) is 14.3 Å². The molecular weight excluding hydrogens is 444 g/mol. The van der Waals surface area contributed by atoms with Crippen molar-refractivity contribution in [1.82, 2.24) is 10.6 Å². The average molecular weight is 471 g/mol. The van der Waals surface area contributed by atoms with Gasteiger partial charge in [-0.1, -0.05) is 84.4 Å². The lowest BCUT2D eigenvalue weighted by Gasteiger charge is -2.20. The molecule has 2 amide bonds. The molecule has 7 heteroatoms. The first-order chi connectivity index (χ1) is 16.9. The summed E-state index contributed by atoms with van der Waals surface area (Å²) in [5, 5.41) is 14.0. The standard InChI is InChI=1S/C28H26N2O5/c1-18-12-14-19(15-13-18)26(27(33)29-16-6-11-25(31)32)30-28(34)35-17-24-22-9-4-2-7-20(22)21-8-3-5-10-23(21)24/h2-15,24,26H,16-17H2,1H3,(H,29,33)(H,30,34)(H,31,32)/b11-6+. The van der Waals surface area contributed by atoms with E-state index in [-0.39, 0.29) is 19.1 Å². The zero-order chi connectivity index (χ0) is 24.8. The number of amides is 2. The number of fused-ring (bicyclic) bond motifs is 3. The van der Waals surface area contributed by atoms with Gasteiger partial charge in [-0.2, -0.15) is 0 Å². The predicted molar refractivity (Wildman–Crippen MR) is 132 cm³/mol. The Morgan fingerprint density at radius 3 is 2.14 bits per heavy atom. The maximum atomic E-state index is 12.8. The van der Waals surface area contributed by atoms with Crippen LogP contribution in [-0.4, -0.2) is 36.2 Å². The summed E-state index contributed by atoms with van der Waals surface area (Å²) in [4.78, 5) is 36.3. The van der Waals surface area contributed by atoms with Crippen molar-refractivity contribution < 1.29 is 24.2 Å². The van der Waals surface area contributed by atoms with E-state index in [0.717, 1.165) is 33.9 Å². The molecule has 0 aromatic heterocycles. The number of hydrogen-bond acceptors (Lipinski definition) is 4. The number of carboxylic acid groups (broad SMARTS) is 1. The molecule has 1 aliphatic carbocycles. The summed E-state index contributed by atoms with van der Waals surface area (Å²) < 4.78 is 5.60. The summed E-state index contributed by atoms with van der Waals surface area (Å²) in [6.07, 6.45) is 1.55. The number of hydrogen-bond donors (Lipinski definition) is 3. The molecule has 0 saturated carbocycles. The first kappa shape index (κ1) is 23.8. The second-order valence-corrected chi connectivity index (χ2v) is 8.30. The molecule has 1 atom stereocenters. The van der Waals surface area contributed by atoms with Gasteiger partial charge in [0.1, 0.15) is 12.6 Å². The lowest BCUT2D eigenvalue weighted by molar-refractivity contribution is -0.131. The Morgan fingerprint density at radius 2 is 1.54 bits per heavy atom. The molecule has 1 unspecified atom stereocenters. The number of carbonyl (C=O) groups excluding carboxylic acids is 2.